The van der Waals surface area contributed by atoms with Crippen molar-refractivity contribution in [3.05, 3.63) is 12.2 Å². The van der Waals surface area contributed by atoms with Gasteiger partial charge in [0.1, 0.15) is 11.7 Å². The Kier molecular flexibility index (Phi) is 3.96. The van der Waals surface area contributed by atoms with Gasteiger partial charge in [-0.25, -0.2) is 4.79 Å². The third kappa shape index (κ3) is 3.43. The van der Waals surface area contributed by atoms with Crippen LogP contribution in [-0.2, 0) is 14.3 Å². The van der Waals surface area contributed by atoms with Crippen LogP contribution in [0.4, 0.5) is 22.0 Å². The molecule has 0 aromatic carbocycles. The largest absolute Gasteiger partial charge is 0.456 e. The number of epoxide rings is 1. The van der Waals surface area contributed by atoms with Crippen molar-refractivity contribution in [2.75, 3.05) is 6.61 Å². The third-order valence-corrected chi connectivity index (χ3v) is 2.82. The van der Waals surface area contributed by atoms with Gasteiger partial charge in [-0.1, -0.05) is 6.58 Å². The molecule has 0 aliphatic carbocycles. The van der Waals surface area contributed by atoms with E-state index in [4.69, 9.17) is 4.74 Å². The maximum atomic E-state index is 13.0. The minimum atomic E-state index is -5.66. The second-order valence-electron chi connectivity index (χ2n) is 4.56. The van der Waals surface area contributed by atoms with Crippen molar-refractivity contribution >= 4 is 5.97 Å². The normalized spacial score (nSPS) is 24.8. The lowest BCUT2D eigenvalue weighted by molar-refractivity contribution is -0.290. The Morgan fingerprint density at radius 2 is 1.89 bits per heavy atom. The monoisotopic (exact) mass is 288 g/mol. The van der Waals surface area contributed by atoms with Crippen LogP contribution in [0.15, 0.2) is 12.2 Å². The number of esters is 1. The summed E-state index contributed by atoms with van der Waals surface area (Å²) in [6.45, 7) is 5.51. The van der Waals surface area contributed by atoms with Crippen LogP contribution in [0.3, 0.4) is 0 Å². The molecule has 1 heterocycles. The second kappa shape index (κ2) is 4.73. The van der Waals surface area contributed by atoms with Gasteiger partial charge in [-0.3, -0.25) is 0 Å². The number of hydrogen-bond donors (Lipinski definition) is 0. The van der Waals surface area contributed by atoms with E-state index in [1.165, 1.54) is 13.8 Å². The van der Waals surface area contributed by atoms with E-state index in [1.807, 2.05) is 0 Å². The SMILES string of the molecule is C=C(C)C(=O)OC(C)C1(CC(F)(F)C(F)(F)F)CO1. The first-order valence-corrected chi connectivity index (χ1v) is 5.36. The molecule has 1 rings (SSSR count). The Bertz CT molecular complexity index is 384. The van der Waals surface area contributed by atoms with Gasteiger partial charge in [0.15, 0.2) is 0 Å². The van der Waals surface area contributed by atoms with Gasteiger partial charge in [-0.15, -0.1) is 0 Å². The number of hydrogen-bond acceptors (Lipinski definition) is 3. The Morgan fingerprint density at radius 1 is 1.42 bits per heavy atom. The van der Waals surface area contributed by atoms with E-state index in [9.17, 15) is 26.7 Å². The summed E-state index contributed by atoms with van der Waals surface area (Å²) in [6, 6.07) is 0. The first-order chi connectivity index (χ1) is 8.41. The highest BCUT2D eigenvalue weighted by Gasteiger charge is 2.66. The molecule has 0 aromatic rings. The molecule has 19 heavy (non-hydrogen) atoms. The summed E-state index contributed by atoms with van der Waals surface area (Å²) >= 11 is 0. The molecule has 2 unspecified atom stereocenters. The third-order valence-electron chi connectivity index (χ3n) is 2.82. The quantitative estimate of drug-likeness (QED) is 0.338. The molecular weight excluding hydrogens is 275 g/mol. The molecule has 0 bridgehead atoms. The van der Waals surface area contributed by atoms with Gasteiger partial charge in [0, 0.05) is 5.57 Å². The molecule has 2 atom stereocenters. The minimum absolute atomic E-state index is 0.0187. The van der Waals surface area contributed by atoms with Crippen LogP contribution < -0.4 is 0 Å². The van der Waals surface area contributed by atoms with E-state index in [0.717, 1.165) is 0 Å². The number of alkyl halides is 5. The molecular formula is C11H13F5O3. The Labute approximate surface area is 106 Å². The van der Waals surface area contributed by atoms with Crippen LogP contribution in [0.5, 0.6) is 0 Å². The fourth-order valence-electron chi connectivity index (χ4n) is 1.42. The maximum Gasteiger partial charge on any atom is 0.453 e. The summed E-state index contributed by atoms with van der Waals surface area (Å²) in [6.07, 6.45) is -8.46. The summed E-state index contributed by atoms with van der Waals surface area (Å²) < 4.78 is 71.7. The maximum absolute atomic E-state index is 13.0. The zero-order valence-electron chi connectivity index (χ0n) is 10.3. The number of carbonyl (C=O) groups excluding carboxylic acids is 1. The van der Waals surface area contributed by atoms with Crippen molar-refractivity contribution in [1.29, 1.82) is 0 Å². The molecule has 0 radical (unpaired) electrons. The first kappa shape index (κ1) is 15.9. The van der Waals surface area contributed by atoms with Crippen LogP contribution in [0.1, 0.15) is 20.3 Å². The molecule has 8 heteroatoms. The fourth-order valence-corrected chi connectivity index (χ4v) is 1.42. The molecule has 3 nitrogen and oxygen atoms in total. The molecule has 1 saturated heterocycles. The number of carbonyl (C=O) groups is 1. The van der Waals surface area contributed by atoms with Crippen molar-refractivity contribution in [2.45, 2.75) is 44.1 Å². The molecule has 0 N–H and O–H groups in total. The van der Waals surface area contributed by atoms with Gasteiger partial charge in [0.2, 0.25) is 0 Å². The van der Waals surface area contributed by atoms with E-state index in [1.54, 1.807) is 0 Å². The molecule has 1 aliphatic rings. The number of ether oxygens (including phenoxy) is 2. The average Bonchev–Trinajstić information content (AvgIpc) is 2.96. The zero-order valence-corrected chi connectivity index (χ0v) is 10.3. The van der Waals surface area contributed by atoms with Gasteiger partial charge in [-0.05, 0) is 13.8 Å². The van der Waals surface area contributed by atoms with Crippen molar-refractivity contribution in [3.8, 4) is 0 Å². The van der Waals surface area contributed by atoms with Crippen LogP contribution in [-0.4, -0.2) is 36.4 Å². The van der Waals surface area contributed by atoms with Crippen LogP contribution >= 0.6 is 0 Å². The van der Waals surface area contributed by atoms with E-state index in [0.29, 0.717) is 0 Å². The smallest absolute Gasteiger partial charge is 0.453 e. The van der Waals surface area contributed by atoms with Crippen LogP contribution in [0.25, 0.3) is 0 Å². The molecule has 0 aromatic heterocycles. The molecule has 110 valence electrons. The molecule has 0 saturated carbocycles. The van der Waals surface area contributed by atoms with E-state index < -0.39 is 36.2 Å². The van der Waals surface area contributed by atoms with Crippen LogP contribution in [0, 0.1) is 0 Å². The summed E-state index contributed by atoms with van der Waals surface area (Å²) in [4.78, 5) is 11.2. The lowest BCUT2D eigenvalue weighted by atomic mass is 9.96. The topological polar surface area (TPSA) is 38.8 Å². The Balaban J connectivity index is 2.72. The van der Waals surface area contributed by atoms with Crippen LogP contribution in [0.2, 0.25) is 0 Å². The van der Waals surface area contributed by atoms with E-state index in [2.05, 4.69) is 11.3 Å². The highest BCUT2D eigenvalue weighted by molar-refractivity contribution is 5.87. The van der Waals surface area contributed by atoms with Gasteiger partial charge >= 0.3 is 18.1 Å². The van der Waals surface area contributed by atoms with Crippen molar-refractivity contribution < 1.29 is 36.2 Å². The summed E-state index contributed by atoms with van der Waals surface area (Å²) in [5, 5.41) is 0. The Morgan fingerprint density at radius 3 is 2.21 bits per heavy atom. The summed E-state index contributed by atoms with van der Waals surface area (Å²) in [5.74, 6) is -5.76. The number of halogens is 5. The zero-order chi connectivity index (χ0) is 15.1. The van der Waals surface area contributed by atoms with Crippen molar-refractivity contribution in [2.24, 2.45) is 0 Å². The van der Waals surface area contributed by atoms with Gasteiger partial charge < -0.3 is 9.47 Å². The Hall–Kier alpha value is -1.18. The van der Waals surface area contributed by atoms with Gasteiger partial charge in [0.05, 0.1) is 13.0 Å². The van der Waals surface area contributed by atoms with Gasteiger partial charge in [0.25, 0.3) is 0 Å². The molecule has 1 aliphatic heterocycles. The van der Waals surface area contributed by atoms with E-state index in [-0.39, 0.29) is 12.2 Å². The standard InChI is InChI=1S/C11H13F5O3/c1-6(2)8(17)19-7(3)9(5-18-9)4-10(12,13)11(14,15)16/h7H,1,4-5H2,2-3H3. The highest BCUT2D eigenvalue weighted by atomic mass is 19.4. The molecule has 0 spiro atoms. The second-order valence-corrected chi connectivity index (χ2v) is 4.56. The minimum Gasteiger partial charge on any atom is -0.456 e. The number of rotatable bonds is 5. The fraction of sp³-hybridized carbons (Fsp3) is 0.727. The summed E-state index contributed by atoms with van der Waals surface area (Å²) in [5.41, 5.74) is -1.77. The predicted octanol–water partition coefficient (Wildman–Crippen LogP) is 2.85. The molecule has 1 fully saturated rings. The first-order valence-electron chi connectivity index (χ1n) is 5.36. The predicted molar refractivity (Wildman–Crippen MR) is 54.7 cm³/mol. The van der Waals surface area contributed by atoms with E-state index >= 15 is 0 Å². The summed E-state index contributed by atoms with van der Waals surface area (Å²) in [7, 11) is 0. The lowest BCUT2D eigenvalue weighted by Gasteiger charge is -2.26. The van der Waals surface area contributed by atoms with Gasteiger partial charge in [-0.2, -0.15) is 22.0 Å². The highest BCUT2D eigenvalue weighted by Crippen LogP contribution is 2.48. The molecule has 0 amide bonds. The average molecular weight is 288 g/mol. The lowest BCUT2D eigenvalue weighted by Crippen LogP contribution is -2.45. The van der Waals surface area contributed by atoms with Crippen molar-refractivity contribution in [3.63, 3.8) is 0 Å². The van der Waals surface area contributed by atoms with Crippen molar-refractivity contribution in [1.82, 2.24) is 0 Å².